The number of likely N-dealkylation sites (tertiary alicyclic amines) is 1. The second kappa shape index (κ2) is 6.62. The second-order valence-electron chi connectivity index (χ2n) is 5.84. The minimum atomic E-state index is 0.131. The van der Waals surface area contributed by atoms with Crippen LogP contribution in [0.4, 0.5) is 0 Å². The van der Waals surface area contributed by atoms with Crippen LogP contribution in [-0.2, 0) is 11.2 Å². The number of aromatic nitrogens is 1. The molecule has 22 heavy (non-hydrogen) atoms. The first-order valence-corrected chi connectivity index (χ1v) is 8.53. The first-order chi connectivity index (χ1) is 10.7. The third kappa shape index (κ3) is 3.08. The average molecular weight is 319 g/mol. The van der Waals surface area contributed by atoms with Crippen LogP contribution >= 0.6 is 11.3 Å². The Hall–Kier alpha value is -1.66. The third-order valence-electron chi connectivity index (χ3n) is 4.33. The molecule has 1 aliphatic rings. The molecule has 0 radical (unpaired) electrons. The minimum absolute atomic E-state index is 0.131. The molecule has 3 rings (SSSR count). The van der Waals surface area contributed by atoms with Gasteiger partial charge in [-0.1, -0.05) is 6.92 Å². The van der Waals surface area contributed by atoms with Crippen molar-refractivity contribution in [1.82, 2.24) is 9.88 Å². The van der Waals surface area contributed by atoms with Crippen LogP contribution in [-0.4, -0.2) is 34.9 Å². The van der Waals surface area contributed by atoms with Crippen LogP contribution in [0.5, 0.6) is 0 Å². The Bertz CT molecular complexity index is 623. The maximum absolute atomic E-state index is 12.6. The van der Waals surface area contributed by atoms with Gasteiger partial charge in [-0.3, -0.25) is 4.79 Å². The van der Waals surface area contributed by atoms with Gasteiger partial charge in [0.05, 0.1) is 18.4 Å². The maximum Gasteiger partial charge on any atom is 0.228 e. The van der Waals surface area contributed by atoms with Crippen molar-refractivity contribution in [3.05, 3.63) is 29.7 Å². The number of hydrogen-bond acceptors (Lipinski definition) is 5. The van der Waals surface area contributed by atoms with Crippen molar-refractivity contribution in [3.63, 3.8) is 0 Å². The lowest BCUT2D eigenvalue weighted by Gasteiger charge is -2.39. The topological polar surface area (TPSA) is 72.4 Å². The molecule has 6 heteroatoms. The maximum atomic E-state index is 12.6. The number of carbonyl (C=O) groups excluding carboxylic acids is 1. The zero-order chi connectivity index (χ0) is 15.5. The first kappa shape index (κ1) is 15.2. The summed E-state index contributed by atoms with van der Waals surface area (Å²) in [6, 6.07) is 2.04. The molecule has 2 N–H and O–H groups in total. The quantitative estimate of drug-likeness (QED) is 0.940. The van der Waals surface area contributed by atoms with Gasteiger partial charge in [-0.15, -0.1) is 11.3 Å². The molecule has 0 aliphatic carbocycles. The van der Waals surface area contributed by atoms with E-state index in [1.807, 2.05) is 16.3 Å². The first-order valence-electron chi connectivity index (χ1n) is 7.65. The minimum Gasteiger partial charge on any atom is -0.472 e. The molecule has 1 fully saturated rings. The summed E-state index contributed by atoms with van der Waals surface area (Å²) in [6.45, 7) is 3.52. The number of piperidine rings is 1. The Labute approximate surface area is 134 Å². The lowest BCUT2D eigenvalue weighted by atomic mass is 9.90. The van der Waals surface area contributed by atoms with Crippen molar-refractivity contribution in [2.75, 3.05) is 13.1 Å². The molecule has 5 nitrogen and oxygen atoms in total. The number of amides is 1. The molecule has 2 aromatic heterocycles. The van der Waals surface area contributed by atoms with E-state index in [1.165, 1.54) is 11.3 Å². The number of nitrogens with zero attached hydrogens (tertiary/aromatic N) is 2. The highest BCUT2D eigenvalue weighted by Gasteiger charge is 2.30. The van der Waals surface area contributed by atoms with Crippen LogP contribution in [0.15, 0.2) is 28.4 Å². The zero-order valence-corrected chi connectivity index (χ0v) is 13.5. The molecule has 0 unspecified atom stereocenters. The van der Waals surface area contributed by atoms with Gasteiger partial charge in [-0.25, -0.2) is 4.98 Å². The summed E-state index contributed by atoms with van der Waals surface area (Å²) in [5.74, 6) is 0.602. The number of furan rings is 1. The van der Waals surface area contributed by atoms with Crippen molar-refractivity contribution in [3.8, 4) is 10.6 Å². The fourth-order valence-corrected chi connectivity index (χ4v) is 3.89. The van der Waals surface area contributed by atoms with Crippen molar-refractivity contribution in [1.29, 1.82) is 0 Å². The van der Waals surface area contributed by atoms with Crippen LogP contribution in [0.25, 0.3) is 10.6 Å². The van der Waals surface area contributed by atoms with Gasteiger partial charge in [0, 0.05) is 30.1 Å². The molecular formula is C16H21N3O2S. The van der Waals surface area contributed by atoms with Crippen LogP contribution in [0.3, 0.4) is 0 Å². The molecule has 118 valence electrons. The molecule has 2 atom stereocenters. The summed E-state index contributed by atoms with van der Waals surface area (Å²) >= 11 is 1.54. The lowest BCUT2D eigenvalue weighted by Crippen LogP contribution is -2.51. The van der Waals surface area contributed by atoms with Gasteiger partial charge in [0.2, 0.25) is 5.91 Å². The molecule has 0 spiro atoms. The van der Waals surface area contributed by atoms with Gasteiger partial charge < -0.3 is 15.1 Å². The van der Waals surface area contributed by atoms with Crippen molar-refractivity contribution < 1.29 is 9.21 Å². The molecule has 1 amide bonds. The molecule has 1 saturated heterocycles. The summed E-state index contributed by atoms with van der Waals surface area (Å²) in [5, 5.41) is 2.84. The summed E-state index contributed by atoms with van der Waals surface area (Å²) in [5.41, 5.74) is 7.64. The summed E-state index contributed by atoms with van der Waals surface area (Å²) < 4.78 is 5.07. The number of rotatable bonds is 4. The monoisotopic (exact) mass is 319 g/mol. The fourth-order valence-electron chi connectivity index (χ4n) is 3.08. The van der Waals surface area contributed by atoms with E-state index in [2.05, 4.69) is 11.9 Å². The Morgan fingerprint density at radius 1 is 1.59 bits per heavy atom. The van der Waals surface area contributed by atoms with Crippen molar-refractivity contribution >= 4 is 17.2 Å². The van der Waals surface area contributed by atoms with Gasteiger partial charge in [0.1, 0.15) is 11.3 Å². The third-order valence-corrected chi connectivity index (χ3v) is 5.27. The van der Waals surface area contributed by atoms with E-state index >= 15 is 0 Å². The second-order valence-corrected chi connectivity index (χ2v) is 6.70. The fraction of sp³-hybridized carbons (Fsp3) is 0.500. The summed E-state index contributed by atoms with van der Waals surface area (Å²) in [6.07, 6.45) is 5.84. The normalized spacial score (nSPS) is 22.0. The van der Waals surface area contributed by atoms with Gasteiger partial charge in [0.25, 0.3) is 0 Å². The van der Waals surface area contributed by atoms with Crippen LogP contribution in [0, 0.1) is 5.92 Å². The number of nitrogens with two attached hydrogens (primary N) is 1. The van der Waals surface area contributed by atoms with Gasteiger partial charge in [0.15, 0.2) is 0 Å². The van der Waals surface area contributed by atoms with E-state index in [0.717, 1.165) is 35.7 Å². The molecule has 1 aliphatic heterocycles. The van der Waals surface area contributed by atoms with Gasteiger partial charge in [-0.05, 0) is 24.8 Å². The summed E-state index contributed by atoms with van der Waals surface area (Å²) in [4.78, 5) is 19.1. The molecule has 3 heterocycles. The SMILES string of the molecule is C[C@@H]1CCCN(C(=O)Cc2csc(-c3ccoc3)n2)[C@@H]1CN. The Balaban J connectivity index is 1.69. The number of carbonyl (C=O) groups is 1. The molecule has 0 saturated carbocycles. The number of hydrogen-bond donors (Lipinski definition) is 1. The van der Waals surface area contributed by atoms with Crippen LogP contribution in [0.2, 0.25) is 0 Å². The Morgan fingerprint density at radius 3 is 3.18 bits per heavy atom. The van der Waals surface area contributed by atoms with E-state index in [0.29, 0.717) is 18.9 Å². The number of thiazole rings is 1. The van der Waals surface area contributed by atoms with Crippen LogP contribution in [0.1, 0.15) is 25.5 Å². The highest BCUT2D eigenvalue weighted by Crippen LogP contribution is 2.26. The average Bonchev–Trinajstić information content (AvgIpc) is 3.17. The van der Waals surface area contributed by atoms with E-state index < -0.39 is 0 Å². The molecule has 0 aromatic carbocycles. The van der Waals surface area contributed by atoms with E-state index in [-0.39, 0.29) is 11.9 Å². The Morgan fingerprint density at radius 2 is 2.45 bits per heavy atom. The highest BCUT2D eigenvalue weighted by atomic mass is 32.1. The Kier molecular flexibility index (Phi) is 4.59. The smallest absolute Gasteiger partial charge is 0.228 e. The van der Waals surface area contributed by atoms with E-state index in [9.17, 15) is 4.79 Å². The highest BCUT2D eigenvalue weighted by molar-refractivity contribution is 7.13. The zero-order valence-electron chi connectivity index (χ0n) is 12.7. The van der Waals surface area contributed by atoms with E-state index in [4.69, 9.17) is 10.2 Å². The standard InChI is InChI=1S/C16H21N3O2S/c1-11-3-2-5-19(14(11)8-17)15(20)7-13-10-22-16(18-13)12-4-6-21-9-12/h4,6,9-11,14H,2-3,5,7-8,17H2,1H3/t11-,14-/m1/s1. The predicted octanol–water partition coefficient (Wildman–Crippen LogP) is 2.53. The molecule has 2 aromatic rings. The predicted molar refractivity (Wildman–Crippen MR) is 86.5 cm³/mol. The van der Waals surface area contributed by atoms with Gasteiger partial charge >= 0.3 is 0 Å². The lowest BCUT2D eigenvalue weighted by molar-refractivity contribution is -0.135. The largest absolute Gasteiger partial charge is 0.472 e. The van der Waals surface area contributed by atoms with Crippen molar-refractivity contribution in [2.24, 2.45) is 11.7 Å². The summed E-state index contributed by atoms with van der Waals surface area (Å²) in [7, 11) is 0. The molecule has 0 bridgehead atoms. The van der Waals surface area contributed by atoms with E-state index in [1.54, 1.807) is 12.5 Å². The van der Waals surface area contributed by atoms with Crippen LogP contribution < -0.4 is 5.73 Å². The van der Waals surface area contributed by atoms with Gasteiger partial charge in [-0.2, -0.15) is 0 Å². The van der Waals surface area contributed by atoms with Crippen molar-refractivity contribution in [2.45, 2.75) is 32.2 Å². The molecular weight excluding hydrogens is 298 g/mol.